The molecule has 0 spiro atoms. The maximum Gasteiger partial charge on any atom is 0.328 e. The summed E-state index contributed by atoms with van der Waals surface area (Å²) in [5, 5.41) is 8.68. The molecule has 4 heteroatoms. The van der Waals surface area contributed by atoms with Crippen molar-refractivity contribution in [3.8, 4) is 0 Å². The smallest absolute Gasteiger partial charge is 0.328 e. The number of hydrogen-bond donors (Lipinski definition) is 1. The van der Waals surface area contributed by atoms with Gasteiger partial charge in [-0.15, -0.1) is 0 Å². The Balaban J connectivity index is 2.34. The highest BCUT2D eigenvalue weighted by Gasteiger charge is 2.14. The van der Waals surface area contributed by atoms with Crippen LogP contribution in [0.3, 0.4) is 0 Å². The summed E-state index contributed by atoms with van der Waals surface area (Å²) in [5.41, 5.74) is 2.73. The van der Waals surface area contributed by atoms with Gasteiger partial charge >= 0.3 is 5.97 Å². The van der Waals surface area contributed by atoms with Gasteiger partial charge < -0.3 is 10.0 Å². The number of hydrogen-bond acceptors (Lipinski definition) is 2. The molecule has 2 rings (SSSR count). The Morgan fingerprint density at radius 2 is 2.26 bits per heavy atom. The van der Waals surface area contributed by atoms with Crippen LogP contribution in [0.2, 0.25) is 0 Å². The van der Waals surface area contributed by atoms with E-state index < -0.39 is 5.97 Å². The molecular weight excluding hydrogens is 245 g/mol. The first kappa shape index (κ1) is 13.3. The predicted octanol–water partition coefficient (Wildman–Crippen LogP) is 3.08. The number of carboxylic acid groups (broad SMARTS) is 1. The van der Waals surface area contributed by atoms with Crippen LogP contribution < -0.4 is 4.90 Å². The normalized spacial score (nSPS) is 15.7. The maximum atomic E-state index is 13.3. The van der Waals surface area contributed by atoms with Crippen LogP contribution in [0.1, 0.15) is 18.9 Å². The van der Waals surface area contributed by atoms with Crippen molar-refractivity contribution >= 4 is 17.7 Å². The van der Waals surface area contributed by atoms with Crippen LogP contribution in [-0.4, -0.2) is 24.2 Å². The minimum Gasteiger partial charge on any atom is -0.478 e. The van der Waals surface area contributed by atoms with E-state index in [1.807, 2.05) is 0 Å². The van der Waals surface area contributed by atoms with Crippen molar-refractivity contribution in [2.24, 2.45) is 0 Å². The molecular formula is C15H16FNO2. The zero-order valence-corrected chi connectivity index (χ0v) is 10.8. The first-order valence-corrected chi connectivity index (χ1v) is 6.17. The van der Waals surface area contributed by atoms with E-state index in [-0.39, 0.29) is 5.82 Å². The third kappa shape index (κ3) is 3.44. The van der Waals surface area contributed by atoms with E-state index in [0.29, 0.717) is 5.56 Å². The highest BCUT2D eigenvalue weighted by Crippen LogP contribution is 2.26. The fourth-order valence-electron chi connectivity index (χ4n) is 2.22. The van der Waals surface area contributed by atoms with E-state index >= 15 is 0 Å². The summed E-state index contributed by atoms with van der Waals surface area (Å²) in [6.45, 7) is 3.71. The van der Waals surface area contributed by atoms with E-state index in [2.05, 4.69) is 17.9 Å². The fourth-order valence-corrected chi connectivity index (χ4v) is 2.22. The van der Waals surface area contributed by atoms with Gasteiger partial charge in [-0.05, 0) is 37.6 Å². The molecule has 0 saturated carbocycles. The Kier molecular flexibility index (Phi) is 4.00. The van der Waals surface area contributed by atoms with E-state index in [1.165, 1.54) is 23.8 Å². The average Bonchev–Trinajstić information content (AvgIpc) is 2.36. The Morgan fingerprint density at radius 1 is 1.47 bits per heavy atom. The number of anilines is 1. The number of carbonyl (C=O) groups is 1. The molecule has 0 radical (unpaired) electrons. The zero-order valence-electron chi connectivity index (χ0n) is 10.8. The standard InChI is InChI=1S/C15H16FNO2/c1-11-3-2-8-17(10-11)14-6-5-13(16)9-12(14)4-7-15(18)19/h3-7,9H,2,8,10H2,1H3,(H,18,19)/b7-4+. The Labute approximate surface area is 111 Å². The van der Waals surface area contributed by atoms with Gasteiger partial charge in [-0.25, -0.2) is 9.18 Å². The van der Waals surface area contributed by atoms with Crippen molar-refractivity contribution in [3.63, 3.8) is 0 Å². The second kappa shape index (κ2) is 5.69. The van der Waals surface area contributed by atoms with Gasteiger partial charge in [0.15, 0.2) is 0 Å². The molecule has 1 aromatic carbocycles. The summed E-state index contributed by atoms with van der Waals surface area (Å²) in [5.74, 6) is -1.40. The molecule has 0 aliphatic carbocycles. The van der Waals surface area contributed by atoms with Crippen molar-refractivity contribution in [1.82, 2.24) is 0 Å². The summed E-state index contributed by atoms with van der Waals surface area (Å²) in [4.78, 5) is 12.7. The number of aliphatic carboxylic acids is 1. The molecule has 0 fully saturated rings. The second-order valence-electron chi connectivity index (χ2n) is 4.64. The summed E-state index contributed by atoms with van der Waals surface area (Å²) < 4.78 is 13.3. The van der Waals surface area contributed by atoms with Gasteiger partial charge in [-0.3, -0.25) is 0 Å². The van der Waals surface area contributed by atoms with E-state index in [4.69, 9.17) is 5.11 Å². The molecule has 0 atom stereocenters. The van der Waals surface area contributed by atoms with Crippen LogP contribution in [0.4, 0.5) is 10.1 Å². The summed E-state index contributed by atoms with van der Waals surface area (Å²) >= 11 is 0. The molecule has 19 heavy (non-hydrogen) atoms. The van der Waals surface area contributed by atoms with Gasteiger partial charge in [0.25, 0.3) is 0 Å². The molecule has 0 bridgehead atoms. The Morgan fingerprint density at radius 3 is 2.95 bits per heavy atom. The van der Waals surface area contributed by atoms with Crippen LogP contribution in [0.5, 0.6) is 0 Å². The lowest BCUT2D eigenvalue weighted by molar-refractivity contribution is -0.131. The zero-order chi connectivity index (χ0) is 13.8. The van der Waals surface area contributed by atoms with E-state index in [0.717, 1.165) is 31.3 Å². The minimum atomic E-state index is -1.04. The summed E-state index contributed by atoms with van der Waals surface area (Å²) in [7, 11) is 0. The third-order valence-corrected chi connectivity index (χ3v) is 3.07. The highest BCUT2D eigenvalue weighted by molar-refractivity contribution is 5.87. The van der Waals surface area contributed by atoms with Crippen LogP contribution in [-0.2, 0) is 4.79 Å². The fraction of sp³-hybridized carbons (Fsp3) is 0.267. The third-order valence-electron chi connectivity index (χ3n) is 3.07. The van der Waals surface area contributed by atoms with Crippen molar-refractivity contribution in [3.05, 3.63) is 47.3 Å². The van der Waals surface area contributed by atoms with Crippen molar-refractivity contribution in [2.45, 2.75) is 13.3 Å². The topological polar surface area (TPSA) is 40.5 Å². The van der Waals surface area contributed by atoms with Gasteiger partial charge in [-0.1, -0.05) is 11.6 Å². The van der Waals surface area contributed by atoms with E-state index in [1.54, 1.807) is 6.07 Å². The lowest BCUT2D eigenvalue weighted by Gasteiger charge is -2.29. The van der Waals surface area contributed by atoms with Gasteiger partial charge in [0.1, 0.15) is 5.82 Å². The predicted molar refractivity (Wildman–Crippen MR) is 73.7 cm³/mol. The van der Waals surface area contributed by atoms with Gasteiger partial charge in [0.05, 0.1) is 0 Å². The van der Waals surface area contributed by atoms with Gasteiger partial charge in [0.2, 0.25) is 0 Å². The molecule has 3 nitrogen and oxygen atoms in total. The lowest BCUT2D eigenvalue weighted by Crippen LogP contribution is -2.29. The van der Waals surface area contributed by atoms with Gasteiger partial charge in [0, 0.05) is 30.4 Å². The molecule has 1 aliphatic rings. The second-order valence-corrected chi connectivity index (χ2v) is 4.64. The maximum absolute atomic E-state index is 13.3. The first-order valence-electron chi connectivity index (χ1n) is 6.17. The van der Waals surface area contributed by atoms with Crippen molar-refractivity contribution < 1.29 is 14.3 Å². The molecule has 0 amide bonds. The first-order chi connectivity index (χ1) is 9.06. The van der Waals surface area contributed by atoms with Crippen molar-refractivity contribution in [2.75, 3.05) is 18.0 Å². The number of halogens is 1. The minimum absolute atomic E-state index is 0.363. The Bertz CT molecular complexity index is 549. The molecule has 0 aromatic heterocycles. The number of carboxylic acids is 1. The van der Waals surface area contributed by atoms with Crippen LogP contribution in [0.25, 0.3) is 6.08 Å². The molecule has 1 heterocycles. The SMILES string of the molecule is CC1=CCCN(c2ccc(F)cc2/C=C/C(=O)O)C1. The number of nitrogens with zero attached hydrogens (tertiary/aromatic N) is 1. The van der Waals surface area contributed by atoms with Crippen LogP contribution in [0.15, 0.2) is 35.9 Å². The molecule has 0 unspecified atom stereocenters. The molecule has 1 aliphatic heterocycles. The average molecular weight is 261 g/mol. The summed E-state index contributed by atoms with van der Waals surface area (Å²) in [6.07, 6.45) is 5.61. The highest BCUT2D eigenvalue weighted by atomic mass is 19.1. The largest absolute Gasteiger partial charge is 0.478 e. The van der Waals surface area contributed by atoms with Crippen molar-refractivity contribution in [1.29, 1.82) is 0 Å². The van der Waals surface area contributed by atoms with Crippen LogP contribution in [0, 0.1) is 5.82 Å². The number of benzene rings is 1. The molecule has 100 valence electrons. The molecule has 1 N–H and O–H groups in total. The van der Waals surface area contributed by atoms with E-state index in [9.17, 15) is 9.18 Å². The summed E-state index contributed by atoms with van der Waals surface area (Å²) in [6, 6.07) is 4.47. The lowest BCUT2D eigenvalue weighted by atomic mass is 10.1. The monoisotopic (exact) mass is 261 g/mol. The molecule has 1 aromatic rings. The Hall–Kier alpha value is -2.10. The number of rotatable bonds is 3. The quantitative estimate of drug-likeness (QED) is 0.671. The molecule has 0 saturated heterocycles. The van der Waals surface area contributed by atoms with Gasteiger partial charge in [-0.2, -0.15) is 0 Å². The van der Waals surface area contributed by atoms with Crippen LogP contribution >= 0.6 is 0 Å².